The second-order valence-corrected chi connectivity index (χ2v) is 3.99. The highest BCUT2D eigenvalue weighted by atomic mass is 35.5. The number of halogens is 1. The highest BCUT2D eigenvalue weighted by Crippen LogP contribution is 2.30. The topological polar surface area (TPSA) is 37.3 Å². The summed E-state index contributed by atoms with van der Waals surface area (Å²) in [5, 5.41) is 9.58. The summed E-state index contributed by atoms with van der Waals surface area (Å²) in [4.78, 5) is 11.0. The molecule has 0 bridgehead atoms. The fourth-order valence-corrected chi connectivity index (χ4v) is 1.76. The van der Waals surface area contributed by atoms with Gasteiger partial charge < -0.3 is 5.11 Å². The predicted molar refractivity (Wildman–Crippen MR) is 56.7 cm³/mol. The molecule has 1 N–H and O–H groups in total. The number of carboxylic acids is 1. The molecule has 1 aromatic carbocycles. The van der Waals surface area contributed by atoms with Crippen LogP contribution in [0, 0.1) is 5.92 Å². The zero-order chi connectivity index (χ0) is 10.7. The number of hydrogen-bond acceptors (Lipinski definition) is 1. The molecule has 3 heteroatoms. The van der Waals surface area contributed by atoms with Crippen LogP contribution in [0.4, 0.5) is 0 Å². The lowest BCUT2D eigenvalue weighted by molar-refractivity contribution is -0.139. The Morgan fingerprint density at radius 1 is 1.36 bits per heavy atom. The highest BCUT2D eigenvalue weighted by Gasteiger charge is 2.25. The lowest BCUT2D eigenvalue weighted by Gasteiger charge is -2.17. The molecule has 76 valence electrons. The summed E-state index contributed by atoms with van der Waals surface area (Å²) in [7, 11) is 0. The van der Waals surface area contributed by atoms with Crippen LogP contribution < -0.4 is 0 Å². The van der Waals surface area contributed by atoms with Crippen LogP contribution >= 0.6 is 11.6 Å². The summed E-state index contributed by atoms with van der Waals surface area (Å²) < 4.78 is 0. The number of carboxylic acid groups (broad SMARTS) is 1. The molecule has 0 saturated heterocycles. The van der Waals surface area contributed by atoms with E-state index in [-0.39, 0.29) is 5.92 Å². The van der Waals surface area contributed by atoms with Gasteiger partial charge in [0.25, 0.3) is 0 Å². The first-order valence-corrected chi connectivity index (χ1v) is 4.89. The van der Waals surface area contributed by atoms with E-state index in [4.69, 9.17) is 16.7 Å². The molecule has 14 heavy (non-hydrogen) atoms. The molecule has 0 amide bonds. The van der Waals surface area contributed by atoms with Gasteiger partial charge in [0.2, 0.25) is 0 Å². The minimum Gasteiger partial charge on any atom is -0.481 e. The Morgan fingerprint density at radius 3 is 2.36 bits per heavy atom. The summed E-state index contributed by atoms with van der Waals surface area (Å²) in [6.45, 7) is 3.75. The van der Waals surface area contributed by atoms with Crippen LogP contribution in [-0.4, -0.2) is 11.1 Å². The van der Waals surface area contributed by atoms with Crippen molar-refractivity contribution < 1.29 is 9.90 Å². The third-order valence-corrected chi connectivity index (χ3v) is 2.52. The van der Waals surface area contributed by atoms with Crippen molar-refractivity contribution in [2.75, 3.05) is 0 Å². The van der Waals surface area contributed by atoms with E-state index in [0.29, 0.717) is 10.6 Å². The van der Waals surface area contributed by atoms with Gasteiger partial charge in [-0.05, 0) is 17.5 Å². The molecular weight excluding hydrogens is 200 g/mol. The average Bonchev–Trinajstić information content (AvgIpc) is 2.07. The van der Waals surface area contributed by atoms with Gasteiger partial charge in [0.1, 0.15) is 0 Å². The minimum absolute atomic E-state index is 0.0346. The molecule has 0 fully saturated rings. The predicted octanol–water partition coefficient (Wildman–Crippen LogP) is 3.16. The Balaban J connectivity index is 3.12. The average molecular weight is 213 g/mol. The Labute approximate surface area is 88.5 Å². The smallest absolute Gasteiger partial charge is 0.311 e. The van der Waals surface area contributed by atoms with Crippen molar-refractivity contribution in [2.45, 2.75) is 19.8 Å². The van der Waals surface area contributed by atoms with Crippen LogP contribution in [0.5, 0.6) is 0 Å². The Hall–Kier alpha value is -1.02. The number of rotatable bonds is 3. The summed E-state index contributed by atoms with van der Waals surface area (Å²) in [6.07, 6.45) is 0. The molecule has 0 aliphatic rings. The summed E-state index contributed by atoms with van der Waals surface area (Å²) >= 11 is 5.94. The van der Waals surface area contributed by atoms with E-state index in [9.17, 15) is 4.79 Å². The first-order chi connectivity index (χ1) is 6.54. The van der Waals surface area contributed by atoms with Crippen molar-refractivity contribution >= 4 is 17.6 Å². The fraction of sp³-hybridized carbons (Fsp3) is 0.364. The van der Waals surface area contributed by atoms with E-state index in [0.717, 1.165) is 0 Å². The normalized spacial score (nSPS) is 12.9. The van der Waals surface area contributed by atoms with Crippen molar-refractivity contribution in [3.63, 3.8) is 0 Å². The Morgan fingerprint density at radius 2 is 1.93 bits per heavy atom. The van der Waals surface area contributed by atoms with Gasteiger partial charge in [0.15, 0.2) is 0 Å². The highest BCUT2D eigenvalue weighted by molar-refractivity contribution is 6.31. The number of carbonyl (C=O) groups is 1. The second kappa shape index (κ2) is 4.47. The number of hydrogen-bond donors (Lipinski definition) is 1. The van der Waals surface area contributed by atoms with E-state index in [1.165, 1.54) is 0 Å². The standard InChI is InChI=1S/C11H13ClO2/c1-7(2)10(11(13)14)8-5-3-4-6-9(8)12/h3-7,10H,1-2H3,(H,13,14)/t10-/m0/s1. The zero-order valence-corrected chi connectivity index (χ0v) is 8.95. The quantitative estimate of drug-likeness (QED) is 0.836. The van der Waals surface area contributed by atoms with Crippen molar-refractivity contribution in [3.05, 3.63) is 34.9 Å². The van der Waals surface area contributed by atoms with Crippen molar-refractivity contribution in [2.24, 2.45) is 5.92 Å². The molecule has 0 aliphatic heterocycles. The largest absolute Gasteiger partial charge is 0.481 e. The lowest BCUT2D eigenvalue weighted by Crippen LogP contribution is -2.17. The van der Waals surface area contributed by atoms with E-state index < -0.39 is 11.9 Å². The van der Waals surface area contributed by atoms with Gasteiger partial charge in [-0.15, -0.1) is 0 Å². The first-order valence-electron chi connectivity index (χ1n) is 4.51. The minimum atomic E-state index is -0.826. The van der Waals surface area contributed by atoms with Gasteiger partial charge in [0.05, 0.1) is 5.92 Å². The fourth-order valence-electron chi connectivity index (χ4n) is 1.50. The number of benzene rings is 1. The molecule has 0 saturated carbocycles. The van der Waals surface area contributed by atoms with E-state index in [1.54, 1.807) is 24.3 Å². The van der Waals surface area contributed by atoms with Gasteiger partial charge in [-0.1, -0.05) is 43.6 Å². The molecule has 2 nitrogen and oxygen atoms in total. The zero-order valence-electron chi connectivity index (χ0n) is 8.20. The Kier molecular flexibility index (Phi) is 3.53. The van der Waals surface area contributed by atoms with Crippen molar-refractivity contribution in [1.82, 2.24) is 0 Å². The van der Waals surface area contributed by atoms with E-state index in [1.807, 2.05) is 13.8 Å². The third kappa shape index (κ3) is 2.26. The molecule has 0 spiro atoms. The molecule has 0 unspecified atom stereocenters. The van der Waals surface area contributed by atoms with Crippen molar-refractivity contribution in [3.8, 4) is 0 Å². The van der Waals surface area contributed by atoms with Crippen LogP contribution in [0.2, 0.25) is 5.02 Å². The molecule has 0 heterocycles. The summed E-state index contributed by atoms with van der Waals surface area (Å²) in [5.41, 5.74) is 0.691. The first kappa shape index (κ1) is 11.1. The van der Waals surface area contributed by atoms with Gasteiger partial charge >= 0.3 is 5.97 Å². The van der Waals surface area contributed by atoms with E-state index in [2.05, 4.69) is 0 Å². The van der Waals surface area contributed by atoms with Crippen LogP contribution in [-0.2, 0) is 4.79 Å². The molecule has 0 aliphatic carbocycles. The molecule has 1 rings (SSSR count). The molecular formula is C11H13ClO2. The maximum atomic E-state index is 11.0. The van der Waals surface area contributed by atoms with E-state index >= 15 is 0 Å². The molecule has 0 aromatic heterocycles. The van der Waals surface area contributed by atoms with Gasteiger partial charge in [0, 0.05) is 5.02 Å². The van der Waals surface area contributed by atoms with Gasteiger partial charge in [-0.2, -0.15) is 0 Å². The van der Waals surface area contributed by atoms with Crippen LogP contribution in [0.25, 0.3) is 0 Å². The van der Waals surface area contributed by atoms with Gasteiger partial charge in [-0.3, -0.25) is 4.79 Å². The maximum absolute atomic E-state index is 11.0. The monoisotopic (exact) mass is 212 g/mol. The van der Waals surface area contributed by atoms with Crippen LogP contribution in [0.1, 0.15) is 25.3 Å². The lowest BCUT2D eigenvalue weighted by atomic mass is 9.88. The summed E-state index contributed by atoms with van der Waals surface area (Å²) in [5.74, 6) is -1.32. The van der Waals surface area contributed by atoms with Gasteiger partial charge in [-0.25, -0.2) is 0 Å². The SMILES string of the molecule is CC(C)[C@H](C(=O)O)c1ccccc1Cl. The molecule has 1 atom stereocenters. The number of aliphatic carboxylic acids is 1. The van der Waals surface area contributed by atoms with Crippen molar-refractivity contribution in [1.29, 1.82) is 0 Å². The second-order valence-electron chi connectivity index (χ2n) is 3.58. The molecule has 1 aromatic rings. The third-order valence-electron chi connectivity index (χ3n) is 2.17. The Bertz CT molecular complexity index is 334. The van der Waals surface area contributed by atoms with Crippen LogP contribution in [0.3, 0.4) is 0 Å². The van der Waals surface area contributed by atoms with Crippen LogP contribution in [0.15, 0.2) is 24.3 Å². The maximum Gasteiger partial charge on any atom is 0.311 e. The molecule has 0 radical (unpaired) electrons. The summed E-state index contributed by atoms with van der Waals surface area (Å²) in [6, 6.07) is 7.08.